The lowest BCUT2D eigenvalue weighted by Crippen LogP contribution is -2.32. The first-order valence-electron chi connectivity index (χ1n) is 7.65. The molecule has 0 saturated heterocycles. The largest absolute Gasteiger partial charge is 0.467 e. The maximum Gasteiger partial charge on any atom is 0.252 e. The molecular formula is C18H18ClN3O2. The van der Waals surface area contributed by atoms with Crippen LogP contribution >= 0.6 is 11.6 Å². The van der Waals surface area contributed by atoms with Gasteiger partial charge in [0.15, 0.2) is 0 Å². The summed E-state index contributed by atoms with van der Waals surface area (Å²) >= 11 is 6.08. The molecule has 3 rings (SSSR count). The van der Waals surface area contributed by atoms with Gasteiger partial charge in [-0.2, -0.15) is 5.10 Å². The summed E-state index contributed by atoms with van der Waals surface area (Å²) in [7, 11) is 0. The predicted octanol–water partition coefficient (Wildman–Crippen LogP) is 3.77. The molecule has 0 radical (unpaired) electrons. The molecule has 0 saturated carbocycles. The summed E-state index contributed by atoms with van der Waals surface area (Å²) in [5.74, 6) is 0.513. The van der Waals surface area contributed by atoms with Crippen LogP contribution in [0.3, 0.4) is 0 Å². The minimum absolute atomic E-state index is 0.222. The van der Waals surface area contributed by atoms with Crippen LogP contribution in [0.4, 0.5) is 0 Å². The van der Waals surface area contributed by atoms with Crippen molar-refractivity contribution in [1.82, 2.24) is 15.1 Å². The number of rotatable bonds is 5. The Balaban J connectivity index is 1.82. The zero-order chi connectivity index (χ0) is 17.1. The summed E-state index contributed by atoms with van der Waals surface area (Å²) in [6.45, 7) is 4.26. The number of furan rings is 1. The van der Waals surface area contributed by atoms with E-state index < -0.39 is 0 Å². The van der Waals surface area contributed by atoms with Crippen LogP contribution in [-0.2, 0) is 0 Å². The molecule has 6 heteroatoms. The average molecular weight is 344 g/mol. The predicted molar refractivity (Wildman–Crippen MR) is 92.3 cm³/mol. The van der Waals surface area contributed by atoms with Crippen LogP contribution in [0.2, 0.25) is 5.02 Å². The molecule has 0 aliphatic rings. The maximum atomic E-state index is 12.4. The van der Waals surface area contributed by atoms with Crippen LogP contribution in [0.1, 0.15) is 33.5 Å². The minimum atomic E-state index is -0.223. The first-order chi connectivity index (χ1) is 11.6. The van der Waals surface area contributed by atoms with Crippen LogP contribution < -0.4 is 5.32 Å². The fourth-order valence-corrected chi connectivity index (χ4v) is 2.90. The number of carbonyl (C=O) groups excluding carboxylic acids is 1. The Hall–Kier alpha value is -2.53. The van der Waals surface area contributed by atoms with Gasteiger partial charge in [0.1, 0.15) is 11.8 Å². The number of benzene rings is 1. The monoisotopic (exact) mass is 343 g/mol. The van der Waals surface area contributed by atoms with Gasteiger partial charge in [-0.25, -0.2) is 0 Å². The molecule has 0 aliphatic heterocycles. The third-order valence-electron chi connectivity index (χ3n) is 3.79. The summed E-state index contributed by atoms with van der Waals surface area (Å²) in [6.07, 6.45) is 1.61. The van der Waals surface area contributed by atoms with E-state index >= 15 is 0 Å². The summed E-state index contributed by atoms with van der Waals surface area (Å²) in [5.41, 5.74) is 2.37. The highest BCUT2D eigenvalue weighted by Gasteiger charge is 2.21. The molecule has 1 aromatic carbocycles. The molecule has 0 spiro atoms. The van der Waals surface area contributed by atoms with Crippen LogP contribution in [0.25, 0.3) is 0 Å². The fraction of sp³-hybridized carbons (Fsp3) is 0.222. The van der Waals surface area contributed by atoms with Gasteiger partial charge in [-0.15, -0.1) is 0 Å². The Morgan fingerprint density at radius 3 is 2.71 bits per heavy atom. The van der Waals surface area contributed by atoms with Crippen molar-refractivity contribution in [2.75, 3.05) is 6.54 Å². The van der Waals surface area contributed by atoms with Gasteiger partial charge in [-0.3, -0.25) is 9.48 Å². The molecule has 24 heavy (non-hydrogen) atoms. The van der Waals surface area contributed by atoms with Gasteiger partial charge in [-0.05, 0) is 44.2 Å². The summed E-state index contributed by atoms with van der Waals surface area (Å²) < 4.78 is 7.40. The van der Waals surface area contributed by atoms with E-state index in [2.05, 4.69) is 10.4 Å². The molecule has 0 aliphatic carbocycles. The molecule has 1 amide bonds. The first-order valence-corrected chi connectivity index (χ1v) is 8.03. The standard InChI is InChI=1S/C18H18ClN3O2/c1-12-10-13(2)22(21-12)16(17-8-5-9-24-17)11-20-18(23)14-6-3-4-7-15(14)19/h3-10,16H,11H2,1-2H3,(H,20,23). The normalized spacial score (nSPS) is 12.1. The van der Waals surface area contributed by atoms with E-state index in [0.717, 1.165) is 17.1 Å². The highest BCUT2D eigenvalue weighted by molar-refractivity contribution is 6.33. The zero-order valence-electron chi connectivity index (χ0n) is 13.5. The Morgan fingerprint density at radius 2 is 2.08 bits per heavy atom. The Kier molecular flexibility index (Phi) is 4.71. The van der Waals surface area contributed by atoms with Gasteiger partial charge >= 0.3 is 0 Å². The molecule has 1 N–H and O–H groups in total. The second-order valence-electron chi connectivity index (χ2n) is 5.59. The van der Waals surface area contributed by atoms with Crippen LogP contribution in [-0.4, -0.2) is 22.2 Å². The highest BCUT2D eigenvalue weighted by atomic mass is 35.5. The fourth-order valence-electron chi connectivity index (χ4n) is 2.68. The number of hydrogen-bond donors (Lipinski definition) is 1. The van der Waals surface area contributed by atoms with Crippen molar-refractivity contribution in [3.05, 3.63) is 76.5 Å². The number of nitrogens with zero attached hydrogens (tertiary/aromatic N) is 2. The summed E-state index contributed by atoms with van der Waals surface area (Å²) in [6, 6.07) is 12.4. The van der Waals surface area contributed by atoms with Gasteiger partial charge in [0, 0.05) is 12.2 Å². The number of halogens is 1. The second-order valence-corrected chi connectivity index (χ2v) is 6.00. The number of nitrogens with one attached hydrogen (secondary N) is 1. The lowest BCUT2D eigenvalue weighted by atomic mass is 10.2. The number of carbonyl (C=O) groups is 1. The molecule has 1 atom stereocenters. The van der Waals surface area contributed by atoms with E-state index in [1.165, 1.54) is 0 Å². The third kappa shape index (κ3) is 3.36. The van der Waals surface area contributed by atoms with Gasteiger partial charge in [0.05, 0.1) is 22.5 Å². The van der Waals surface area contributed by atoms with Crippen molar-refractivity contribution in [3.8, 4) is 0 Å². The Labute approximate surface area is 145 Å². The lowest BCUT2D eigenvalue weighted by Gasteiger charge is -2.18. The van der Waals surface area contributed by atoms with Crippen molar-refractivity contribution in [2.45, 2.75) is 19.9 Å². The van der Waals surface area contributed by atoms with Gasteiger partial charge < -0.3 is 9.73 Å². The molecule has 0 bridgehead atoms. The van der Waals surface area contributed by atoms with Gasteiger partial charge in [-0.1, -0.05) is 23.7 Å². The van der Waals surface area contributed by atoms with E-state index in [-0.39, 0.29) is 11.9 Å². The van der Waals surface area contributed by atoms with Crippen molar-refractivity contribution in [1.29, 1.82) is 0 Å². The molecular weight excluding hydrogens is 326 g/mol. The smallest absolute Gasteiger partial charge is 0.252 e. The van der Waals surface area contributed by atoms with E-state index in [4.69, 9.17) is 16.0 Å². The SMILES string of the molecule is Cc1cc(C)n(C(CNC(=O)c2ccccc2Cl)c2ccco2)n1. The summed E-state index contributed by atoms with van der Waals surface area (Å²) in [4.78, 5) is 12.4. The van der Waals surface area contributed by atoms with Crippen molar-refractivity contribution >= 4 is 17.5 Å². The molecule has 0 fully saturated rings. The molecule has 2 heterocycles. The van der Waals surface area contributed by atoms with E-state index in [1.807, 2.05) is 36.7 Å². The number of aromatic nitrogens is 2. The first kappa shape index (κ1) is 16.3. The van der Waals surface area contributed by atoms with Gasteiger partial charge in [0.2, 0.25) is 0 Å². The number of aryl methyl sites for hydroxylation is 2. The molecule has 5 nitrogen and oxygen atoms in total. The highest BCUT2D eigenvalue weighted by Crippen LogP contribution is 2.21. The maximum absolute atomic E-state index is 12.4. The third-order valence-corrected chi connectivity index (χ3v) is 4.12. The van der Waals surface area contributed by atoms with Crippen molar-refractivity contribution < 1.29 is 9.21 Å². The van der Waals surface area contributed by atoms with E-state index in [1.54, 1.807) is 30.5 Å². The Morgan fingerprint density at radius 1 is 1.29 bits per heavy atom. The molecule has 124 valence electrons. The molecule has 3 aromatic rings. The summed E-state index contributed by atoms with van der Waals surface area (Å²) in [5, 5.41) is 7.86. The molecule has 2 aromatic heterocycles. The Bertz CT molecular complexity index is 840. The topological polar surface area (TPSA) is 60.1 Å². The van der Waals surface area contributed by atoms with E-state index in [9.17, 15) is 4.79 Å². The average Bonchev–Trinajstić information content (AvgIpc) is 3.18. The van der Waals surface area contributed by atoms with Crippen molar-refractivity contribution in [3.63, 3.8) is 0 Å². The van der Waals surface area contributed by atoms with Crippen LogP contribution in [0, 0.1) is 13.8 Å². The second kappa shape index (κ2) is 6.93. The zero-order valence-corrected chi connectivity index (χ0v) is 14.2. The van der Waals surface area contributed by atoms with Crippen LogP contribution in [0.5, 0.6) is 0 Å². The number of amides is 1. The van der Waals surface area contributed by atoms with E-state index in [0.29, 0.717) is 17.1 Å². The van der Waals surface area contributed by atoms with Gasteiger partial charge in [0.25, 0.3) is 5.91 Å². The van der Waals surface area contributed by atoms with Crippen molar-refractivity contribution in [2.24, 2.45) is 0 Å². The molecule has 1 unspecified atom stereocenters. The van der Waals surface area contributed by atoms with Crippen LogP contribution in [0.15, 0.2) is 53.1 Å². The number of hydrogen-bond acceptors (Lipinski definition) is 3. The lowest BCUT2D eigenvalue weighted by molar-refractivity contribution is 0.0948. The quantitative estimate of drug-likeness (QED) is 0.767. The minimum Gasteiger partial charge on any atom is -0.467 e.